The number of carboxylic acid groups (broad SMARTS) is 1. The van der Waals surface area contributed by atoms with Gasteiger partial charge in [-0.3, -0.25) is 4.79 Å². The summed E-state index contributed by atoms with van der Waals surface area (Å²) in [5.74, 6) is -1.76. The molecule has 0 saturated carbocycles. The van der Waals surface area contributed by atoms with Gasteiger partial charge in [-0.25, -0.2) is 12.8 Å². The van der Waals surface area contributed by atoms with Crippen LogP contribution in [0.25, 0.3) is 0 Å². The second-order valence-corrected chi connectivity index (χ2v) is 5.94. The van der Waals surface area contributed by atoms with Crippen molar-refractivity contribution in [1.29, 1.82) is 0 Å². The summed E-state index contributed by atoms with van der Waals surface area (Å²) in [4.78, 5) is 10.6. The Morgan fingerprint density at radius 1 is 1.44 bits per heavy atom. The third kappa shape index (κ3) is 2.68. The van der Waals surface area contributed by atoms with Crippen molar-refractivity contribution in [3.63, 3.8) is 0 Å². The van der Waals surface area contributed by atoms with Crippen LogP contribution in [0.2, 0.25) is 0 Å². The summed E-state index contributed by atoms with van der Waals surface area (Å²) < 4.78 is 38.0. The highest BCUT2D eigenvalue weighted by Crippen LogP contribution is 2.19. The Kier molecular flexibility index (Phi) is 4.08. The smallest absolute Gasteiger partial charge is 0.321 e. The monoisotopic (exact) mass is 275 g/mol. The van der Waals surface area contributed by atoms with Crippen LogP contribution in [0.1, 0.15) is 12.5 Å². The molecule has 18 heavy (non-hydrogen) atoms. The molecule has 0 radical (unpaired) electrons. The molecule has 0 aliphatic carbocycles. The van der Waals surface area contributed by atoms with Crippen molar-refractivity contribution in [2.24, 2.45) is 0 Å². The number of rotatable bonds is 4. The molecular formula is C11H14FNO4S. The predicted octanol–water partition coefficient (Wildman–Crippen LogP) is 1.23. The fourth-order valence-electron chi connectivity index (χ4n) is 1.31. The van der Waals surface area contributed by atoms with Crippen LogP contribution in [-0.2, 0) is 14.8 Å². The van der Waals surface area contributed by atoms with E-state index in [4.69, 9.17) is 5.11 Å². The number of aryl methyl sites for hydroxylation is 1. The molecule has 0 unspecified atom stereocenters. The van der Waals surface area contributed by atoms with Gasteiger partial charge in [0.25, 0.3) is 0 Å². The summed E-state index contributed by atoms with van der Waals surface area (Å²) in [7, 11) is -2.76. The van der Waals surface area contributed by atoms with Crippen LogP contribution < -0.4 is 0 Å². The maximum Gasteiger partial charge on any atom is 0.321 e. The van der Waals surface area contributed by atoms with Gasteiger partial charge in [0.2, 0.25) is 10.0 Å². The Bertz CT molecular complexity index is 570. The molecule has 1 atom stereocenters. The van der Waals surface area contributed by atoms with Crippen molar-refractivity contribution in [1.82, 2.24) is 4.31 Å². The first-order valence-electron chi connectivity index (χ1n) is 5.15. The van der Waals surface area contributed by atoms with Crippen LogP contribution in [0.5, 0.6) is 0 Å². The number of benzene rings is 1. The minimum Gasteiger partial charge on any atom is -0.480 e. The van der Waals surface area contributed by atoms with Crippen molar-refractivity contribution >= 4 is 16.0 Å². The zero-order valence-corrected chi connectivity index (χ0v) is 11.0. The summed E-state index contributed by atoms with van der Waals surface area (Å²) >= 11 is 0. The maximum atomic E-state index is 13.1. The van der Waals surface area contributed by atoms with Crippen LogP contribution in [-0.4, -0.2) is 36.9 Å². The van der Waals surface area contributed by atoms with Gasteiger partial charge in [0, 0.05) is 7.05 Å². The largest absolute Gasteiger partial charge is 0.480 e. The van der Waals surface area contributed by atoms with E-state index in [1.807, 2.05) is 0 Å². The minimum atomic E-state index is -3.94. The molecule has 1 aromatic carbocycles. The average molecular weight is 275 g/mol. The molecule has 7 heteroatoms. The molecule has 0 aliphatic rings. The lowest BCUT2D eigenvalue weighted by Crippen LogP contribution is -2.40. The fraction of sp³-hybridized carbons (Fsp3) is 0.364. The van der Waals surface area contributed by atoms with E-state index >= 15 is 0 Å². The van der Waals surface area contributed by atoms with Gasteiger partial charge in [-0.15, -0.1) is 0 Å². The first kappa shape index (κ1) is 14.6. The van der Waals surface area contributed by atoms with Gasteiger partial charge in [0.1, 0.15) is 11.9 Å². The van der Waals surface area contributed by atoms with Crippen molar-refractivity contribution in [2.75, 3.05) is 7.05 Å². The normalized spacial score (nSPS) is 13.6. The van der Waals surface area contributed by atoms with Gasteiger partial charge in [0.15, 0.2) is 0 Å². The lowest BCUT2D eigenvalue weighted by atomic mass is 10.2. The highest BCUT2D eigenvalue weighted by atomic mass is 32.2. The number of halogens is 1. The highest BCUT2D eigenvalue weighted by Gasteiger charge is 2.29. The predicted molar refractivity (Wildman–Crippen MR) is 63.2 cm³/mol. The van der Waals surface area contributed by atoms with E-state index in [0.29, 0.717) is 0 Å². The van der Waals surface area contributed by atoms with Crippen molar-refractivity contribution < 1.29 is 22.7 Å². The molecule has 1 N–H and O–H groups in total. The Balaban J connectivity index is 3.21. The molecule has 1 rings (SSSR count). The summed E-state index contributed by atoms with van der Waals surface area (Å²) in [6.45, 7) is 2.70. The molecule has 0 aliphatic heterocycles. The van der Waals surface area contributed by atoms with Gasteiger partial charge in [-0.05, 0) is 37.6 Å². The number of sulfonamides is 1. The van der Waals surface area contributed by atoms with Crippen molar-refractivity contribution in [2.45, 2.75) is 24.8 Å². The quantitative estimate of drug-likeness (QED) is 0.896. The minimum absolute atomic E-state index is 0.128. The molecule has 0 spiro atoms. The van der Waals surface area contributed by atoms with Crippen LogP contribution in [0.4, 0.5) is 4.39 Å². The Morgan fingerprint density at radius 3 is 2.44 bits per heavy atom. The number of carbonyl (C=O) groups is 1. The lowest BCUT2D eigenvalue weighted by molar-refractivity contribution is -0.140. The number of hydrogen-bond donors (Lipinski definition) is 1. The number of hydrogen-bond acceptors (Lipinski definition) is 3. The molecule has 0 aromatic heterocycles. The van der Waals surface area contributed by atoms with E-state index in [9.17, 15) is 17.6 Å². The number of nitrogens with zero attached hydrogens (tertiary/aromatic N) is 1. The second-order valence-electron chi connectivity index (χ2n) is 3.95. The van der Waals surface area contributed by atoms with Crippen LogP contribution in [0.15, 0.2) is 23.1 Å². The van der Waals surface area contributed by atoms with E-state index in [2.05, 4.69) is 0 Å². The van der Waals surface area contributed by atoms with Crippen molar-refractivity contribution in [3.8, 4) is 0 Å². The summed E-state index contributed by atoms with van der Waals surface area (Å²) in [6, 6.07) is 2.14. The number of carboxylic acids is 1. The van der Waals surface area contributed by atoms with Gasteiger partial charge in [-0.1, -0.05) is 0 Å². The van der Waals surface area contributed by atoms with Gasteiger partial charge in [0.05, 0.1) is 4.90 Å². The molecule has 0 amide bonds. The Hall–Kier alpha value is -1.47. The fourth-order valence-corrected chi connectivity index (χ4v) is 2.71. The summed E-state index contributed by atoms with van der Waals surface area (Å²) in [5, 5.41) is 8.80. The van der Waals surface area contributed by atoms with Gasteiger partial charge < -0.3 is 5.11 Å². The first-order chi connectivity index (χ1) is 8.17. The molecule has 1 aromatic rings. The third-order valence-electron chi connectivity index (χ3n) is 2.71. The summed E-state index contributed by atoms with van der Waals surface area (Å²) in [5.41, 5.74) is 0.187. The molecule has 0 heterocycles. The summed E-state index contributed by atoms with van der Waals surface area (Å²) in [6.07, 6.45) is 0. The van der Waals surface area contributed by atoms with Crippen LogP contribution in [0, 0.1) is 12.7 Å². The third-order valence-corrected chi connectivity index (χ3v) is 4.63. The van der Waals surface area contributed by atoms with Gasteiger partial charge >= 0.3 is 5.97 Å². The van der Waals surface area contributed by atoms with E-state index < -0.39 is 27.9 Å². The molecule has 0 fully saturated rings. The highest BCUT2D eigenvalue weighted by molar-refractivity contribution is 7.89. The first-order valence-corrected chi connectivity index (χ1v) is 6.59. The van der Waals surface area contributed by atoms with Crippen molar-refractivity contribution in [3.05, 3.63) is 29.6 Å². The average Bonchev–Trinajstić information content (AvgIpc) is 2.30. The van der Waals surface area contributed by atoms with E-state index in [-0.39, 0.29) is 10.5 Å². The second kappa shape index (κ2) is 5.03. The van der Waals surface area contributed by atoms with E-state index in [1.165, 1.54) is 27.0 Å². The molecule has 100 valence electrons. The molecule has 0 saturated heterocycles. The Labute approximate surface area is 105 Å². The molecule has 0 bridgehead atoms. The lowest BCUT2D eigenvalue weighted by Gasteiger charge is -2.21. The zero-order valence-electron chi connectivity index (χ0n) is 10.2. The van der Waals surface area contributed by atoms with Crippen LogP contribution in [0.3, 0.4) is 0 Å². The maximum absolute atomic E-state index is 13.1. The SMILES string of the molecule is Cc1cc(S(=O)(=O)N(C)[C@@H](C)C(=O)O)ccc1F. The van der Waals surface area contributed by atoms with Gasteiger partial charge in [-0.2, -0.15) is 4.31 Å². The Morgan fingerprint density at radius 2 is 2.00 bits per heavy atom. The number of aliphatic carboxylic acids is 1. The number of likely N-dealkylation sites (N-methyl/N-ethyl adjacent to an activating group) is 1. The van der Waals surface area contributed by atoms with E-state index in [0.717, 1.165) is 16.4 Å². The standard InChI is InChI=1S/C11H14FNO4S/c1-7-6-9(4-5-10(7)12)18(16,17)13(3)8(2)11(14)15/h4-6,8H,1-3H3,(H,14,15)/t8-/m0/s1. The van der Waals surface area contributed by atoms with Crippen LogP contribution >= 0.6 is 0 Å². The molecule has 5 nitrogen and oxygen atoms in total. The van der Waals surface area contributed by atoms with E-state index in [1.54, 1.807) is 0 Å². The molecular weight excluding hydrogens is 261 g/mol. The topological polar surface area (TPSA) is 74.7 Å². The zero-order chi connectivity index (χ0) is 14.1.